The Labute approximate surface area is 118 Å². The van der Waals surface area contributed by atoms with Crippen LogP contribution in [0.2, 0.25) is 0 Å². The fraction of sp³-hybridized carbons (Fsp3) is 0.571. The molecule has 0 aromatic heterocycles. The van der Waals surface area contributed by atoms with Crippen molar-refractivity contribution in [2.75, 3.05) is 24.2 Å². The second-order valence-electron chi connectivity index (χ2n) is 5.05. The first-order chi connectivity index (χ1) is 9.11. The largest absolute Gasteiger partial charge is 0.365 e. The van der Waals surface area contributed by atoms with Gasteiger partial charge in [-0.2, -0.15) is 11.8 Å². The lowest BCUT2D eigenvalue weighted by Gasteiger charge is -2.25. The first-order valence-corrected chi connectivity index (χ1v) is 7.93. The van der Waals surface area contributed by atoms with Crippen LogP contribution in [-0.2, 0) is 0 Å². The standard InChI is InChI=1S/C14H20N2O2S/c1-11-6-7-13(14(9-11)16(17)18)15-8-4-3-5-12(10-15)19-2/h6-7,9,12H,3-5,8,10H2,1-2H3. The molecular formula is C14H20N2O2S. The van der Waals surface area contributed by atoms with E-state index in [1.807, 2.05) is 30.8 Å². The third kappa shape index (κ3) is 3.41. The highest BCUT2D eigenvalue weighted by Gasteiger charge is 2.23. The number of benzene rings is 1. The Morgan fingerprint density at radius 2 is 2.21 bits per heavy atom. The van der Waals surface area contributed by atoms with Gasteiger partial charge in [-0.1, -0.05) is 12.5 Å². The molecule has 1 aliphatic heterocycles. The van der Waals surface area contributed by atoms with Crippen LogP contribution in [0.4, 0.5) is 11.4 Å². The summed E-state index contributed by atoms with van der Waals surface area (Å²) in [7, 11) is 0. The van der Waals surface area contributed by atoms with Gasteiger partial charge in [0.1, 0.15) is 5.69 Å². The van der Waals surface area contributed by atoms with E-state index in [4.69, 9.17) is 0 Å². The molecule has 1 aromatic carbocycles. The van der Waals surface area contributed by atoms with Crippen LogP contribution >= 0.6 is 11.8 Å². The van der Waals surface area contributed by atoms with Gasteiger partial charge in [0, 0.05) is 24.4 Å². The monoisotopic (exact) mass is 280 g/mol. The minimum absolute atomic E-state index is 0.238. The average molecular weight is 280 g/mol. The molecule has 104 valence electrons. The molecule has 0 spiro atoms. The lowest BCUT2D eigenvalue weighted by Crippen LogP contribution is -2.30. The molecule has 4 nitrogen and oxygen atoms in total. The number of anilines is 1. The highest BCUT2D eigenvalue weighted by atomic mass is 32.2. The van der Waals surface area contributed by atoms with Crippen molar-refractivity contribution in [1.29, 1.82) is 0 Å². The van der Waals surface area contributed by atoms with Gasteiger partial charge in [0.25, 0.3) is 5.69 Å². The zero-order chi connectivity index (χ0) is 13.8. The lowest BCUT2D eigenvalue weighted by molar-refractivity contribution is -0.384. The zero-order valence-corrected chi connectivity index (χ0v) is 12.3. The summed E-state index contributed by atoms with van der Waals surface area (Å²) in [6, 6.07) is 5.53. The van der Waals surface area contributed by atoms with E-state index >= 15 is 0 Å². The quantitative estimate of drug-likeness (QED) is 0.626. The summed E-state index contributed by atoms with van der Waals surface area (Å²) in [5, 5.41) is 11.8. The van der Waals surface area contributed by atoms with Crippen LogP contribution in [0, 0.1) is 17.0 Å². The molecule has 1 aromatic rings. The van der Waals surface area contributed by atoms with Gasteiger partial charge in [-0.3, -0.25) is 10.1 Å². The van der Waals surface area contributed by atoms with Crippen LogP contribution < -0.4 is 4.90 Å². The summed E-state index contributed by atoms with van der Waals surface area (Å²) >= 11 is 1.86. The van der Waals surface area contributed by atoms with Crippen molar-refractivity contribution in [1.82, 2.24) is 0 Å². The van der Waals surface area contributed by atoms with E-state index in [1.54, 1.807) is 6.07 Å². The molecule has 0 saturated carbocycles. The van der Waals surface area contributed by atoms with Gasteiger partial charge in [-0.15, -0.1) is 0 Å². The second-order valence-corrected chi connectivity index (χ2v) is 6.19. The van der Waals surface area contributed by atoms with Crippen molar-refractivity contribution in [2.45, 2.75) is 31.4 Å². The van der Waals surface area contributed by atoms with E-state index in [2.05, 4.69) is 11.2 Å². The van der Waals surface area contributed by atoms with E-state index in [0.717, 1.165) is 30.8 Å². The molecule has 0 bridgehead atoms. The van der Waals surface area contributed by atoms with Gasteiger partial charge in [0.15, 0.2) is 0 Å². The molecule has 1 saturated heterocycles. The molecule has 1 unspecified atom stereocenters. The van der Waals surface area contributed by atoms with Crippen LogP contribution in [0.25, 0.3) is 0 Å². The SMILES string of the molecule is CSC1CCCCN(c2ccc(C)cc2[N+](=O)[O-])C1. The molecule has 0 radical (unpaired) electrons. The molecule has 1 fully saturated rings. The summed E-state index contributed by atoms with van der Waals surface area (Å²) in [6.07, 6.45) is 5.65. The van der Waals surface area contributed by atoms with Crippen molar-refractivity contribution >= 4 is 23.1 Å². The Morgan fingerprint density at radius 1 is 1.42 bits per heavy atom. The van der Waals surface area contributed by atoms with Gasteiger partial charge in [-0.05, 0) is 37.7 Å². The summed E-state index contributed by atoms with van der Waals surface area (Å²) in [4.78, 5) is 13.2. The Morgan fingerprint density at radius 3 is 2.89 bits per heavy atom. The molecule has 1 heterocycles. The molecular weight excluding hydrogens is 260 g/mol. The van der Waals surface area contributed by atoms with Crippen molar-refractivity contribution in [3.05, 3.63) is 33.9 Å². The highest BCUT2D eigenvalue weighted by molar-refractivity contribution is 7.99. The molecule has 2 rings (SSSR count). The fourth-order valence-electron chi connectivity index (χ4n) is 2.56. The van der Waals surface area contributed by atoms with Crippen molar-refractivity contribution in [2.24, 2.45) is 0 Å². The molecule has 19 heavy (non-hydrogen) atoms. The van der Waals surface area contributed by atoms with Crippen LogP contribution in [0.5, 0.6) is 0 Å². The van der Waals surface area contributed by atoms with Crippen molar-refractivity contribution in [3.8, 4) is 0 Å². The fourth-order valence-corrected chi connectivity index (χ4v) is 3.29. The first kappa shape index (κ1) is 14.2. The zero-order valence-electron chi connectivity index (χ0n) is 11.5. The number of nitrogens with zero attached hydrogens (tertiary/aromatic N) is 2. The normalized spacial score (nSPS) is 20.1. The van der Waals surface area contributed by atoms with Gasteiger partial charge >= 0.3 is 0 Å². The van der Waals surface area contributed by atoms with E-state index in [0.29, 0.717) is 5.25 Å². The van der Waals surface area contributed by atoms with E-state index < -0.39 is 0 Å². The van der Waals surface area contributed by atoms with Crippen LogP contribution in [0.15, 0.2) is 18.2 Å². The minimum atomic E-state index is -0.263. The molecule has 5 heteroatoms. The number of rotatable bonds is 3. The predicted molar refractivity (Wildman–Crippen MR) is 81.2 cm³/mol. The Balaban J connectivity index is 2.31. The summed E-state index contributed by atoms with van der Waals surface area (Å²) in [5.41, 5.74) is 1.95. The molecule has 0 amide bonds. The van der Waals surface area contributed by atoms with Crippen LogP contribution in [0.3, 0.4) is 0 Å². The number of nitro benzene ring substituents is 1. The first-order valence-electron chi connectivity index (χ1n) is 6.64. The Hall–Kier alpha value is -1.23. The Kier molecular flexibility index (Phi) is 4.69. The summed E-state index contributed by atoms with van der Waals surface area (Å²) in [6.45, 7) is 3.72. The van der Waals surface area contributed by atoms with Gasteiger partial charge in [-0.25, -0.2) is 0 Å². The number of thioether (sulfide) groups is 1. The van der Waals surface area contributed by atoms with Gasteiger partial charge in [0.2, 0.25) is 0 Å². The third-order valence-electron chi connectivity index (χ3n) is 3.63. The maximum atomic E-state index is 11.2. The maximum absolute atomic E-state index is 11.2. The van der Waals surface area contributed by atoms with E-state index in [1.165, 1.54) is 12.8 Å². The van der Waals surface area contributed by atoms with Crippen LogP contribution in [-0.4, -0.2) is 29.5 Å². The molecule has 0 aliphatic carbocycles. The topological polar surface area (TPSA) is 46.4 Å². The number of hydrogen-bond donors (Lipinski definition) is 0. The number of nitro groups is 1. The minimum Gasteiger partial charge on any atom is -0.365 e. The number of aryl methyl sites for hydroxylation is 1. The smallest absolute Gasteiger partial charge is 0.292 e. The number of hydrogen-bond acceptors (Lipinski definition) is 4. The second kappa shape index (κ2) is 6.28. The van der Waals surface area contributed by atoms with Gasteiger partial charge < -0.3 is 4.90 Å². The molecule has 0 N–H and O–H groups in total. The molecule has 1 aliphatic rings. The molecule has 1 atom stereocenters. The summed E-state index contributed by atoms with van der Waals surface area (Å²) < 4.78 is 0. The van der Waals surface area contributed by atoms with E-state index in [9.17, 15) is 10.1 Å². The lowest BCUT2D eigenvalue weighted by atomic mass is 10.1. The van der Waals surface area contributed by atoms with E-state index in [-0.39, 0.29) is 10.6 Å². The van der Waals surface area contributed by atoms with Crippen molar-refractivity contribution in [3.63, 3.8) is 0 Å². The average Bonchev–Trinajstić information content (AvgIpc) is 2.63. The maximum Gasteiger partial charge on any atom is 0.292 e. The van der Waals surface area contributed by atoms with Crippen molar-refractivity contribution < 1.29 is 4.92 Å². The van der Waals surface area contributed by atoms with Gasteiger partial charge in [0.05, 0.1) is 4.92 Å². The highest BCUT2D eigenvalue weighted by Crippen LogP contribution is 2.32. The predicted octanol–water partition coefficient (Wildman–Crippen LogP) is 3.63. The van der Waals surface area contributed by atoms with Crippen LogP contribution in [0.1, 0.15) is 24.8 Å². The summed E-state index contributed by atoms with van der Waals surface area (Å²) in [5.74, 6) is 0. The Bertz CT molecular complexity index is 465. The third-order valence-corrected chi connectivity index (χ3v) is 4.68.